The van der Waals surface area contributed by atoms with Gasteiger partial charge in [0, 0.05) is 5.56 Å². The van der Waals surface area contributed by atoms with Crippen LogP contribution < -0.4 is 0 Å². The summed E-state index contributed by atoms with van der Waals surface area (Å²) in [7, 11) is 0. The zero-order valence-electron chi connectivity index (χ0n) is 6.48. The van der Waals surface area contributed by atoms with Gasteiger partial charge in [0.1, 0.15) is 5.83 Å². The van der Waals surface area contributed by atoms with Crippen molar-refractivity contribution in [2.24, 2.45) is 0 Å². The highest BCUT2D eigenvalue weighted by Gasteiger charge is 2.25. The highest BCUT2D eigenvalue weighted by atomic mass is 19.4. The third-order valence-corrected chi connectivity index (χ3v) is 1.34. The topological polar surface area (TPSA) is 0 Å². The van der Waals surface area contributed by atoms with Gasteiger partial charge in [-0.25, -0.2) is 4.39 Å². The van der Waals surface area contributed by atoms with Crippen molar-refractivity contribution < 1.29 is 17.6 Å². The summed E-state index contributed by atoms with van der Waals surface area (Å²) >= 11 is 0. The summed E-state index contributed by atoms with van der Waals surface area (Å²) in [6.07, 6.45) is -4.97. The van der Waals surface area contributed by atoms with Gasteiger partial charge in [0.15, 0.2) is 0 Å². The van der Waals surface area contributed by atoms with E-state index >= 15 is 0 Å². The summed E-state index contributed by atoms with van der Waals surface area (Å²) in [6.45, 7) is 0. The van der Waals surface area contributed by atoms with E-state index in [1.54, 1.807) is 6.07 Å². The normalized spacial score (nSPS) is 13.1. The zero-order chi connectivity index (χ0) is 9.90. The van der Waals surface area contributed by atoms with Crippen LogP contribution in [0.5, 0.6) is 0 Å². The Morgan fingerprint density at radius 3 is 2.08 bits per heavy atom. The van der Waals surface area contributed by atoms with E-state index in [0.29, 0.717) is 0 Å². The fourth-order valence-electron chi connectivity index (χ4n) is 0.824. The lowest BCUT2D eigenvalue weighted by molar-refractivity contribution is -0.0798. The fourth-order valence-corrected chi connectivity index (χ4v) is 0.824. The molecule has 0 heterocycles. The van der Waals surface area contributed by atoms with E-state index in [1.165, 1.54) is 24.3 Å². The highest BCUT2D eigenvalue weighted by Crippen LogP contribution is 2.24. The number of hydrogen-bond acceptors (Lipinski definition) is 0. The lowest BCUT2D eigenvalue weighted by Crippen LogP contribution is -2.01. The number of halogens is 4. The average Bonchev–Trinajstić information content (AvgIpc) is 2.03. The second kappa shape index (κ2) is 3.60. The molecule has 1 aromatic rings. The minimum Gasteiger partial charge on any atom is -0.206 e. The Morgan fingerprint density at radius 1 is 1.08 bits per heavy atom. The van der Waals surface area contributed by atoms with Gasteiger partial charge in [-0.15, -0.1) is 0 Å². The molecule has 1 rings (SSSR count). The van der Waals surface area contributed by atoms with Crippen LogP contribution in [0.3, 0.4) is 0 Å². The molecule has 70 valence electrons. The van der Waals surface area contributed by atoms with E-state index in [9.17, 15) is 17.6 Å². The number of hydrogen-bond donors (Lipinski definition) is 0. The first kappa shape index (κ1) is 9.77. The van der Waals surface area contributed by atoms with E-state index in [-0.39, 0.29) is 11.6 Å². The van der Waals surface area contributed by atoms with Crippen molar-refractivity contribution in [2.75, 3.05) is 0 Å². The van der Waals surface area contributed by atoms with E-state index in [2.05, 4.69) is 0 Å². The molecule has 1 aromatic carbocycles. The third kappa shape index (κ3) is 3.27. The van der Waals surface area contributed by atoms with Crippen LogP contribution >= 0.6 is 0 Å². The van der Waals surface area contributed by atoms with Crippen LogP contribution in [-0.2, 0) is 0 Å². The van der Waals surface area contributed by atoms with Crippen LogP contribution in [0.1, 0.15) is 5.56 Å². The summed E-state index contributed by atoms with van der Waals surface area (Å²) < 4.78 is 47.8. The second-order valence-corrected chi connectivity index (χ2v) is 2.40. The van der Waals surface area contributed by atoms with Gasteiger partial charge in [0.2, 0.25) is 0 Å². The lowest BCUT2D eigenvalue weighted by atomic mass is 10.2. The molecular weight excluding hydrogens is 184 g/mol. The zero-order valence-corrected chi connectivity index (χ0v) is 6.48. The summed E-state index contributed by atoms with van der Waals surface area (Å²) in [5, 5.41) is 0. The van der Waals surface area contributed by atoms with E-state index < -0.39 is 12.0 Å². The Kier molecular flexibility index (Phi) is 2.70. The molecule has 0 aromatic heterocycles. The van der Waals surface area contributed by atoms with Crippen LogP contribution in [0.2, 0.25) is 0 Å². The van der Waals surface area contributed by atoms with E-state index in [4.69, 9.17) is 0 Å². The maximum atomic E-state index is 12.8. The minimum atomic E-state index is -4.61. The molecule has 0 atom stereocenters. The monoisotopic (exact) mass is 190 g/mol. The molecule has 0 radical (unpaired) electrons. The van der Waals surface area contributed by atoms with Crippen LogP contribution in [0.4, 0.5) is 17.6 Å². The molecule has 0 nitrogen and oxygen atoms in total. The first-order chi connectivity index (χ1) is 5.99. The number of benzene rings is 1. The molecule has 0 spiro atoms. The molecule has 0 aliphatic carbocycles. The molecule has 0 N–H and O–H groups in total. The molecule has 0 bridgehead atoms. The van der Waals surface area contributed by atoms with Crippen LogP contribution in [0.15, 0.2) is 36.4 Å². The van der Waals surface area contributed by atoms with Gasteiger partial charge in [0.25, 0.3) is 0 Å². The van der Waals surface area contributed by atoms with Crippen molar-refractivity contribution in [3.05, 3.63) is 42.0 Å². The van der Waals surface area contributed by atoms with Gasteiger partial charge in [-0.3, -0.25) is 0 Å². The predicted molar refractivity (Wildman–Crippen MR) is 41.6 cm³/mol. The largest absolute Gasteiger partial charge is 0.412 e. The minimum absolute atomic E-state index is 0.0696. The SMILES string of the molecule is FC(=CC(F)(F)F)c1ccccc1. The van der Waals surface area contributed by atoms with E-state index in [1.807, 2.05) is 0 Å². The number of alkyl halides is 3. The molecule has 13 heavy (non-hydrogen) atoms. The van der Waals surface area contributed by atoms with Gasteiger partial charge in [-0.1, -0.05) is 30.3 Å². The highest BCUT2D eigenvalue weighted by molar-refractivity contribution is 5.59. The second-order valence-electron chi connectivity index (χ2n) is 2.40. The Balaban J connectivity index is 2.92. The molecule has 0 amide bonds. The summed E-state index contributed by atoms with van der Waals surface area (Å²) in [5.41, 5.74) is -0.0696. The van der Waals surface area contributed by atoms with Crippen molar-refractivity contribution in [3.63, 3.8) is 0 Å². The quantitative estimate of drug-likeness (QED) is 0.594. The molecule has 0 aliphatic heterocycles. The summed E-state index contributed by atoms with van der Waals surface area (Å²) in [6, 6.07) is 7.10. The standard InChI is InChI=1S/C9H6F4/c10-8(6-9(11,12)13)7-4-2-1-3-5-7/h1-6H. The molecule has 4 heteroatoms. The third-order valence-electron chi connectivity index (χ3n) is 1.34. The Morgan fingerprint density at radius 2 is 1.62 bits per heavy atom. The van der Waals surface area contributed by atoms with Gasteiger partial charge in [-0.2, -0.15) is 13.2 Å². The van der Waals surface area contributed by atoms with Crippen LogP contribution in [0, 0.1) is 0 Å². The Hall–Kier alpha value is -1.32. The predicted octanol–water partition coefficient (Wildman–Crippen LogP) is 3.56. The van der Waals surface area contributed by atoms with Crippen LogP contribution in [0.25, 0.3) is 5.83 Å². The number of rotatable bonds is 1. The van der Waals surface area contributed by atoms with Crippen molar-refractivity contribution in [2.45, 2.75) is 6.18 Å². The Bertz CT molecular complexity index is 297. The molecule has 0 unspecified atom stereocenters. The summed E-state index contributed by atoms with van der Waals surface area (Å²) in [4.78, 5) is 0. The fraction of sp³-hybridized carbons (Fsp3) is 0.111. The van der Waals surface area contributed by atoms with Gasteiger partial charge < -0.3 is 0 Å². The molecule has 0 saturated heterocycles. The van der Waals surface area contributed by atoms with Crippen molar-refractivity contribution in [3.8, 4) is 0 Å². The molecule has 0 fully saturated rings. The smallest absolute Gasteiger partial charge is 0.206 e. The van der Waals surface area contributed by atoms with Crippen molar-refractivity contribution in [1.29, 1.82) is 0 Å². The van der Waals surface area contributed by atoms with Gasteiger partial charge in [-0.05, 0) is 0 Å². The van der Waals surface area contributed by atoms with Crippen LogP contribution in [-0.4, -0.2) is 6.18 Å². The van der Waals surface area contributed by atoms with Gasteiger partial charge >= 0.3 is 6.18 Å². The lowest BCUT2D eigenvalue weighted by Gasteiger charge is -2.00. The van der Waals surface area contributed by atoms with E-state index in [0.717, 1.165) is 0 Å². The summed E-state index contributed by atoms with van der Waals surface area (Å²) in [5.74, 6) is -1.27. The number of allylic oxidation sites excluding steroid dienone is 1. The average molecular weight is 190 g/mol. The molecule has 0 aliphatic rings. The van der Waals surface area contributed by atoms with Gasteiger partial charge in [0.05, 0.1) is 6.08 Å². The maximum absolute atomic E-state index is 12.8. The maximum Gasteiger partial charge on any atom is 0.412 e. The molecule has 0 saturated carbocycles. The van der Waals surface area contributed by atoms with Crippen molar-refractivity contribution in [1.82, 2.24) is 0 Å². The van der Waals surface area contributed by atoms with Crippen molar-refractivity contribution >= 4 is 5.83 Å². The molecular formula is C9H6F4. The first-order valence-electron chi connectivity index (χ1n) is 3.49. The first-order valence-corrected chi connectivity index (χ1v) is 3.49. The Labute approximate surface area is 72.5 Å².